The van der Waals surface area contributed by atoms with Crippen LogP contribution in [-0.2, 0) is 5.41 Å². The highest BCUT2D eigenvalue weighted by Crippen LogP contribution is 2.41. The number of anilines is 1. The number of aromatic nitrogens is 1. The van der Waals surface area contributed by atoms with Gasteiger partial charge in [-0.3, -0.25) is 0 Å². The van der Waals surface area contributed by atoms with Gasteiger partial charge in [0.25, 0.3) is 0 Å². The molecule has 1 aliphatic rings. The Bertz CT molecular complexity index is 583. The Morgan fingerprint density at radius 2 is 1.82 bits per heavy atom. The fourth-order valence-electron chi connectivity index (χ4n) is 3.43. The second-order valence-corrected chi connectivity index (χ2v) is 6.72. The zero-order valence-corrected chi connectivity index (χ0v) is 14.3. The van der Waals surface area contributed by atoms with E-state index in [4.69, 9.17) is 4.98 Å². The Balaban J connectivity index is 2.00. The molecule has 1 aromatic heterocycles. The van der Waals surface area contributed by atoms with E-state index in [-0.39, 0.29) is 5.41 Å². The lowest BCUT2D eigenvalue weighted by Gasteiger charge is -2.37. The first-order valence-electron chi connectivity index (χ1n) is 8.27. The Labute approximate surface area is 137 Å². The smallest absolute Gasteiger partial charge is 0.185 e. The highest BCUT2D eigenvalue weighted by molar-refractivity contribution is 7.13. The van der Waals surface area contributed by atoms with Gasteiger partial charge < -0.3 is 10.2 Å². The number of piperidine rings is 1. The molecule has 1 N–H and O–H groups in total. The second kappa shape index (κ2) is 6.80. The van der Waals surface area contributed by atoms with Gasteiger partial charge in [0.15, 0.2) is 5.13 Å². The standard InChI is InChI=1S/C18H25N3S/c1-3-21(4-2)17-20-16(14-22-17)18(10-12-19-13-11-18)15-8-6-5-7-9-15/h5-9,14,19H,3-4,10-13H2,1-2H3. The molecule has 2 aromatic rings. The monoisotopic (exact) mass is 315 g/mol. The molecule has 0 spiro atoms. The van der Waals surface area contributed by atoms with Crippen molar-refractivity contribution in [1.82, 2.24) is 10.3 Å². The summed E-state index contributed by atoms with van der Waals surface area (Å²) in [7, 11) is 0. The predicted molar refractivity (Wildman–Crippen MR) is 95.0 cm³/mol. The lowest BCUT2D eigenvalue weighted by atomic mass is 9.71. The van der Waals surface area contributed by atoms with Crippen LogP contribution in [0.3, 0.4) is 0 Å². The lowest BCUT2D eigenvalue weighted by molar-refractivity contribution is 0.355. The number of hydrogen-bond donors (Lipinski definition) is 1. The van der Waals surface area contributed by atoms with E-state index in [1.807, 2.05) is 0 Å². The molecule has 0 unspecified atom stereocenters. The first kappa shape index (κ1) is 15.5. The van der Waals surface area contributed by atoms with Crippen molar-refractivity contribution in [3.8, 4) is 0 Å². The van der Waals surface area contributed by atoms with Crippen molar-refractivity contribution >= 4 is 16.5 Å². The van der Waals surface area contributed by atoms with E-state index in [0.29, 0.717) is 0 Å². The van der Waals surface area contributed by atoms with Crippen LogP contribution >= 0.6 is 11.3 Å². The van der Waals surface area contributed by atoms with E-state index in [2.05, 4.69) is 59.8 Å². The highest BCUT2D eigenvalue weighted by atomic mass is 32.1. The summed E-state index contributed by atoms with van der Waals surface area (Å²) in [5.41, 5.74) is 2.74. The zero-order chi connectivity index (χ0) is 15.4. The molecule has 0 radical (unpaired) electrons. The molecule has 1 aliphatic heterocycles. The Hall–Kier alpha value is -1.39. The molecule has 1 saturated heterocycles. The van der Waals surface area contributed by atoms with Gasteiger partial charge in [-0.1, -0.05) is 30.3 Å². The number of nitrogens with one attached hydrogen (secondary N) is 1. The molecular weight excluding hydrogens is 290 g/mol. The first-order chi connectivity index (χ1) is 10.8. The number of benzene rings is 1. The van der Waals surface area contributed by atoms with Crippen LogP contribution in [-0.4, -0.2) is 31.2 Å². The maximum atomic E-state index is 5.04. The second-order valence-electron chi connectivity index (χ2n) is 5.89. The molecule has 3 rings (SSSR count). The summed E-state index contributed by atoms with van der Waals surface area (Å²) in [6.07, 6.45) is 2.25. The van der Waals surface area contributed by atoms with Crippen molar-refractivity contribution in [2.24, 2.45) is 0 Å². The average molecular weight is 315 g/mol. The summed E-state index contributed by atoms with van der Waals surface area (Å²) in [6.45, 7) is 8.55. The molecule has 22 heavy (non-hydrogen) atoms. The van der Waals surface area contributed by atoms with E-state index in [1.54, 1.807) is 11.3 Å². The first-order valence-corrected chi connectivity index (χ1v) is 9.15. The van der Waals surface area contributed by atoms with Crippen LogP contribution in [0.15, 0.2) is 35.7 Å². The fourth-order valence-corrected chi connectivity index (χ4v) is 4.48. The van der Waals surface area contributed by atoms with Crippen LogP contribution in [0.25, 0.3) is 0 Å². The van der Waals surface area contributed by atoms with Crippen LogP contribution < -0.4 is 10.2 Å². The zero-order valence-electron chi connectivity index (χ0n) is 13.5. The molecule has 0 amide bonds. The van der Waals surface area contributed by atoms with Gasteiger partial charge in [0, 0.05) is 23.9 Å². The van der Waals surface area contributed by atoms with Crippen LogP contribution in [0.5, 0.6) is 0 Å². The van der Waals surface area contributed by atoms with Gasteiger partial charge in [-0.2, -0.15) is 0 Å². The van der Waals surface area contributed by atoms with Crippen LogP contribution in [0, 0.1) is 0 Å². The van der Waals surface area contributed by atoms with Crippen LogP contribution in [0.2, 0.25) is 0 Å². The lowest BCUT2D eigenvalue weighted by Crippen LogP contribution is -2.41. The molecule has 2 heterocycles. The van der Waals surface area contributed by atoms with E-state index < -0.39 is 0 Å². The summed E-state index contributed by atoms with van der Waals surface area (Å²) in [5.74, 6) is 0. The maximum absolute atomic E-state index is 5.04. The summed E-state index contributed by atoms with van der Waals surface area (Å²) in [4.78, 5) is 7.38. The third kappa shape index (κ3) is 2.77. The van der Waals surface area contributed by atoms with Gasteiger partial charge in [-0.05, 0) is 45.3 Å². The third-order valence-corrected chi connectivity index (χ3v) is 5.70. The molecule has 0 saturated carbocycles. The van der Waals surface area contributed by atoms with E-state index in [0.717, 1.165) is 44.2 Å². The molecule has 3 nitrogen and oxygen atoms in total. The van der Waals surface area contributed by atoms with Gasteiger partial charge in [-0.25, -0.2) is 4.98 Å². The Morgan fingerprint density at radius 3 is 2.45 bits per heavy atom. The average Bonchev–Trinajstić information content (AvgIpc) is 3.08. The van der Waals surface area contributed by atoms with Crippen molar-refractivity contribution in [1.29, 1.82) is 0 Å². The van der Waals surface area contributed by atoms with Crippen molar-refractivity contribution < 1.29 is 0 Å². The quantitative estimate of drug-likeness (QED) is 0.912. The van der Waals surface area contributed by atoms with Gasteiger partial charge in [0.05, 0.1) is 5.69 Å². The molecule has 1 aromatic carbocycles. The predicted octanol–water partition coefficient (Wildman–Crippen LogP) is 3.66. The molecule has 1 fully saturated rings. The summed E-state index contributed by atoms with van der Waals surface area (Å²) >= 11 is 1.79. The number of hydrogen-bond acceptors (Lipinski definition) is 4. The summed E-state index contributed by atoms with van der Waals surface area (Å²) < 4.78 is 0. The van der Waals surface area contributed by atoms with Crippen molar-refractivity contribution in [2.45, 2.75) is 32.1 Å². The molecule has 118 valence electrons. The molecule has 0 bridgehead atoms. The minimum atomic E-state index is 0.0778. The van der Waals surface area contributed by atoms with Crippen molar-refractivity contribution in [3.63, 3.8) is 0 Å². The minimum Gasteiger partial charge on any atom is -0.349 e. The summed E-state index contributed by atoms with van der Waals surface area (Å²) in [6, 6.07) is 10.9. The van der Waals surface area contributed by atoms with Gasteiger partial charge >= 0.3 is 0 Å². The molecule has 0 atom stereocenters. The topological polar surface area (TPSA) is 28.2 Å². The number of rotatable bonds is 5. The van der Waals surface area contributed by atoms with E-state index in [1.165, 1.54) is 11.3 Å². The summed E-state index contributed by atoms with van der Waals surface area (Å²) in [5, 5.41) is 6.94. The fraction of sp³-hybridized carbons (Fsp3) is 0.500. The van der Waals surface area contributed by atoms with Gasteiger partial charge in [0.1, 0.15) is 0 Å². The highest BCUT2D eigenvalue weighted by Gasteiger charge is 2.37. The van der Waals surface area contributed by atoms with Gasteiger partial charge in [0.2, 0.25) is 0 Å². The van der Waals surface area contributed by atoms with Crippen LogP contribution in [0.1, 0.15) is 37.9 Å². The van der Waals surface area contributed by atoms with Crippen LogP contribution in [0.4, 0.5) is 5.13 Å². The minimum absolute atomic E-state index is 0.0778. The maximum Gasteiger partial charge on any atom is 0.185 e. The van der Waals surface area contributed by atoms with E-state index >= 15 is 0 Å². The Morgan fingerprint density at radius 1 is 1.14 bits per heavy atom. The van der Waals surface area contributed by atoms with Gasteiger partial charge in [-0.15, -0.1) is 11.3 Å². The van der Waals surface area contributed by atoms with Crippen molar-refractivity contribution in [3.05, 3.63) is 47.0 Å². The molecule has 4 heteroatoms. The SMILES string of the molecule is CCN(CC)c1nc(C2(c3ccccc3)CCNCC2)cs1. The largest absolute Gasteiger partial charge is 0.349 e. The number of nitrogens with zero attached hydrogens (tertiary/aromatic N) is 2. The van der Waals surface area contributed by atoms with E-state index in [9.17, 15) is 0 Å². The van der Waals surface area contributed by atoms with Crippen molar-refractivity contribution in [2.75, 3.05) is 31.1 Å². The molecule has 0 aliphatic carbocycles. The normalized spacial score (nSPS) is 17.4. The molecular formula is C18H25N3S. The third-order valence-electron chi connectivity index (χ3n) is 4.80. The number of thiazole rings is 1. The Kier molecular flexibility index (Phi) is 4.79.